The first kappa shape index (κ1) is 54.4. The summed E-state index contributed by atoms with van der Waals surface area (Å²) < 4.78 is 22.1. The Bertz CT molecular complexity index is 1210. The molecule has 1 amide bonds. The van der Waals surface area contributed by atoms with Crippen LogP contribution in [0, 0.1) is 0 Å². The van der Waals surface area contributed by atoms with Crippen LogP contribution in [0.4, 0.5) is 0 Å². The van der Waals surface area contributed by atoms with E-state index in [2.05, 4.69) is 104 Å². The molecule has 0 fully saturated rings. The molecule has 326 valence electrons. The van der Waals surface area contributed by atoms with Crippen LogP contribution in [0.1, 0.15) is 168 Å². The van der Waals surface area contributed by atoms with Crippen LogP contribution in [0.3, 0.4) is 0 Å². The van der Waals surface area contributed by atoms with E-state index in [1.54, 1.807) is 6.08 Å². The van der Waals surface area contributed by atoms with E-state index in [-0.39, 0.29) is 25.7 Å². The van der Waals surface area contributed by atoms with Gasteiger partial charge in [-0.1, -0.05) is 169 Å². The van der Waals surface area contributed by atoms with Crippen LogP contribution >= 0.6 is 7.82 Å². The van der Waals surface area contributed by atoms with Gasteiger partial charge in [0.15, 0.2) is 0 Å². The van der Waals surface area contributed by atoms with Crippen LogP contribution in [0.2, 0.25) is 0 Å². The summed E-state index contributed by atoms with van der Waals surface area (Å²) in [6, 6.07) is -0.900. The Balaban J connectivity index is 4.34. The highest BCUT2D eigenvalue weighted by Gasteiger charge is 2.26. The van der Waals surface area contributed by atoms with Crippen LogP contribution in [0.25, 0.3) is 0 Å². The summed E-state index contributed by atoms with van der Waals surface area (Å²) in [5.41, 5.74) is 5.37. The Kier molecular flexibility index (Phi) is 41.1. The van der Waals surface area contributed by atoms with Crippen molar-refractivity contribution < 1.29 is 28.4 Å². The lowest BCUT2D eigenvalue weighted by atomic mass is 10.1. The van der Waals surface area contributed by atoms with Crippen molar-refractivity contribution in [2.75, 3.05) is 19.8 Å². The van der Waals surface area contributed by atoms with Crippen LogP contribution in [0.5, 0.6) is 0 Å². The predicted octanol–water partition coefficient (Wildman–Crippen LogP) is 12.8. The summed E-state index contributed by atoms with van der Waals surface area (Å²) in [6.45, 7) is 3.95. The largest absolute Gasteiger partial charge is 0.472 e. The highest BCUT2D eigenvalue weighted by Crippen LogP contribution is 2.43. The molecule has 0 aromatic carbocycles. The first-order valence-electron chi connectivity index (χ1n) is 22.4. The topological polar surface area (TPSA) is 131 Å². The van der Waals surface area contributed by atoms with E-state index in [4.69, 9.17) is 14.8 Å². The van der Waals surface area contributed by atoms with Gasteiger partial charge in [0, 0.05) is 13.0 Å². The van der Waals surface area contributed by atoms with Crippen molar-refractivity contribution in [2.45, 2.75) is 180 Å². The maximum absolute atomic E-state index is 12.8. The van der Waals surface area contributed by atoms with Crippen molar-refractivity contribution in [1.82, 2.24) is 5.32 Å². The third-order valence-electron chi connectivity index (χ3n) is 9.12. The minimum Gasteiger partial charge on any atom is -0.387 e. The van der Waals surface area contributed by atoms with E-state index in [0.717, 1.165) is 96.3 Å². The van der Waals surface area contributed by atoms with Crippen LogP contribution in [0.15, 0.2) is 97.2 Å². The van der Waals surface area contributed by atoms with Gasteiger partial charge < -0.3 is 21.1 Å². The first-order chi connectivity index (χ1) is 27.9. The molecule has 0 rings (SSSR count). The number of aliphatic hydroxyl groups is 1. The normalized spacial score (nSPS) is 15.0. The molecule has 9 heteroatoms. The fourth-order valence-corrected chi connectivity index (χ4v) is 6.54. The van der Waals surface area contributed by atoms with Gasteiger partial charge in [-0.15, -0.1) is 0 Å². The number of carbonyl (C=O) groups is 1. The minimum absolute atomic E-state index is 0.0628. The molecule has 0 heterocycles. The summed E-state index contributed by atoms with van der Waals surface area (Å²) in [4.78, 5) is 22.7. The fourth-order valence-electron chi connectivity index (χ4n) is 5.78. The molecular formula is C48H83N2O6P. The van der Waals surface area contributed by atoms with E-state index in [1.807, 2.05) is 6.08 Å². The minimum atomic E-state index is -4.36. The molecule has 0 aliphatic rings. The number of hydrogen-bond donors (Lipinski definition) is 4. The van der Waals surface area contributed by atoms with E-state index >= 15 is 0 Å². The number of unbranched alkanes of at least 4 members (excludes halogenated alkanes) is 14. The molecule has 3 atom stereocenters. The number of amides is 1. The lowest BCUT2D eigenvalue weighted by Crippen LogP contribution is -2.45. The average molecular weight is 815 g/mol. The van der Waals surface area contributed by atoms with Crippen molar-refractivity contribution >= 4 is 13.7 Å². The van der Waals surface area contributed by atoms with Crippen molar-refractivity contribution in [3.8, 4) is 0 Å². The molecule has 0 aromatic heterocycles. The van der Waals surface area contributed by atoms with Gasteiger partial charge >= 0.3 is 7.82 Å². The van der Waals surface area contributed by atoms with Gasteiger partial charge in [-0.05, 0) is 89.9 Å². The molecule has 8 nitrogen and oxygen atoms in total. The SMILES string of the molecule is CC/C=C\C/C=C\C/C=C\C/C=C\C/C=C\CCCCCCCC(=O)NC(COP(=O)(O)OCCN)C(O)/C=C/CC/C=C/CC/C=C/CCCCCCCCC. The molecular weight excluding hydrogens is 732 g/mol. The average Bonchev–Trinajstić information content (AvgIpc) is 3.20. The van der Waals surface area contributed by atoms with Crippen LogP contribution in [-0.2, 0) is 18.4 Å². The standard InChI is InChI=1S/C48H83N2O6P/c1-3-5-7-9-11-13-15-17-19-21-22-23-24-26-28-30-32-34-36-38-40-42-48(52)50-46(45-56-57(53,54)55-44-43-49)47(51)41-39-37-35-33-31-29-27-25-20-18-16-14-12-10-8-6-4-2/h5,7,11,13,17,19-20,22-23,25-26,28,31,33,39,41,46-47,51H,3-4,6,8-10,12,14-16,18,21,24,27,29-30,32,34-38,40,42-45,49H2,1-2H3,(H,50,52)(H,53,54)/b7-5-,13-11-,19-17-,23-22-,25-20+,28-26-,33-31+,41-39+. The summed E-state index contributed by atoms with van der Waals surface area (Å²) in [7, 11) is -4.36. The Labute approximate surface area is 349 Å². The van der Waals surface area contributed by atoms with E-state index in [0.29, 0.717) is 6.42 Å². The molecule has 57 heavy (non-hydrogen) atoms. The Morgan fingerprint density at radius 2 is 1.04 bits per heavy atom. The zero-order valence-corrected chi connectivity index (χ0v) is 36.9. The molecule has 0 bridgehead atoms. The van der Waals surface area contributed by atoms with Crippen molar-refractivity contribution in [1.29, 1.82) is 0 Å². The summed E-state index contributed by atoms with van der Waals surface area (Å²) in [6.07, 6.45) is 58.8. The van der Waals surface area contributed by atoms with Gasteiger partial charge in [-0.2, -0.15) is 0 Å². The molecule has 0 aliphatic carbocycles. The zero-order valence-electron chi connectivity index (χ0n) is 36.0. The van der Waals surface area contributed by atoms with E-state index in [1.165, 1.54) is 51.4 Å². The number of aliphatic hydroxyl groups excluding tert-OH is 1. The van der Waals surface area contributed by atoms with Gasteiger partial charge in [-0.3, -0.25) is 13.8 Å². The Morgan fingerprint density at radius 3 is 1.56 bits per heavy atom. The Morgan fingerprint density at radius 1 is 0.596 bits per heavy atom. The maximum Gasteiger partial charge on any atom is 0.472 e. The van der Waals surface area contributed by atoms with Gasteiger partial charge in [0.2, 0.25) is 5.91 Å². The Hall–Kier alpha value is -2.58. The quantitative estimate of drug-likeness (QED) is 0.0275. The summed E-state index contributed by atoms with van der Waals surface area (Å²) in [5, 5.41) is 13.6. The summed E-state index contributed by atoms with van der Waals surface area (Å²) in [5.74, 6) is -0.232. The first-order valence-corrected chi connectivity index (χ1v) is 23.9. The predicted molar refractivity (Wildman–Crippen MR) is 244 cm³/mol. The number of phosphoric acid groups is 1. The molecule has 0 spiro atoms. The van der Waals surface area contributed by atoms with Crippen LogP contribution in [-0.4, -0.2) is 47.8 Å². The smallest absolute Gasteiger partial charge is 0.387 e. The molecule has 0 saturated carbocycles. The van der Waals surface area contributed by atoms with Crippen LogP contribution < -0.4 is 11.1 Å². The van der Waals surface area contributed by atoms with E-state index < -0.39 is 20.0 Å². The van der Waals surface area contributed by atoms with Gasteiger partial charge in [0.25, 0.3) is 0 Å². The second-order valence-corrected chi connectivity index (χ2v) is 16.0. The third-order valence-corrected chi connectivity index (χ3v) is 10.1. The third kappa shape index (κ3) is 41.4. The molecule has 0 aromatic rings. The fraction of sp³-hybridized carbons (Fsp3) is 0.646. The van der Waals surface area contributed by atoms with Crippen molar-refractivity contribution in [2.24, 2.45) is 5.73 Å². The number of allylic oxidation sites excluding steroid dienone is 15. The molecule has 0 radical (unpaired) electrons. The second-order valence-electron chi connectivity index (χ2n) is 14.5. The number of nitrogens with two attached hydrogens (primary N) is 1. The van der Waals surface area contributed by atoms with Crippen molar-refractivity contribution in [3.05, 3.63) is 97.2 Å². The van der Waals surface area contributed by atoms with E-state index in [9.17, 15) is 19.4 Å². The number of rotatable bonds is 40. The van der Waals surface area contributed by atoms with Gasteiger partial charge in [0.05, 0.1) is 25.4 Å². The highest BCUT2D eigenvalue weighted by atomic mass is 31.2. The van der Waals surface area contributed by atoms with Gasteiger partial charge in [-0.25, -0.2) is 4.57 Å². The molecule has 3 unspecified atom stereocenters. The number of nitrogens with one attached hydrogen (secondary N) is 1. The number of phosphoric ester groups is 1. The zero-order chi connectivity index (χ0) is 41.8. The van der Waals surface area contributed by atoms with Crippen molar-refractivity contribution in [3.63, 3.8) is 0 Å². The lowest BCUT2D eigenvalue weighted by molar-refractivity contribution is -0.123. The monoisotopic (exact) mass is 815 g/mol. The molecule has 0 saturated heterocycles. The lowest BCUT2D eigenvalue weighted by Gasteiger charge is -2.23. The number of hydrogen-bond acceptors (Lipinski definition) is 6. The maximum atomic E-state index is 12.8. The molecule has 5 N–H and O–H groups in total. The number of carbonyl (C=O) groups excluding carboxylic acids is 1. The molecule has 0 aliphatic heterocycles. The second kappa shape index (κ2) is 43.0. The highest BCUT2D eigenvalue weighted by molar-refractivity contribution is 7.47. The van der Waals surface area contributed by atoms with Gasteiger partial charge in [0.1, 0.15) is 0 Å². The summed E-state index contributed by atoms with van der Waals surface area (Å²) >= 11 is 0.